The fourth-order valence-corrected chi connectivity index (χ4v) is 1.73. The molecule has 2 N–H and O–H groups in total. The number of rotatable bonds is 7. The van der Waals surface area contributed by atoms with Crippen LogP contribution >= 0.6 is 0 Å². The molecule has 0 unspecified atom stereocenters. The third-order valence-electron chi connectivity index (χ3n) is 2.79. The second kappa shape index (κ2) is 8.92. The Balaban J connectivity index is 3.08. The fraction of sp³-hybridized carbons (Fsp3) is 0.375. The third kappa shape index (κ3) is 5.04. The molecule has 114 valence electrons. The predicted molar refractivity (Wildman–Crippen MR) is 81.7 cm³/mol. The van der Waals surface area contributed by atoms with E-state index < -0.39 is 5.97 Å². The van der Waals surface area contributed by atoms with Crippen LogP contribution in [0.25, 0.3) is 0 Å². The molecule has 0 saturated carbocycles. The maximum Gasteiger partial charge on any atom is 0.343 e. The zero-order chi connectivity index (χ0) is 15.7. The third-order valence-corrected chi connectivity index (χ3v) is 2.79. The molecule has 0 aromatic heterocycles. The second-order valence-corrected chi connectivity index (χ2v) is 4.38. The number of aliphatic hydroxyl groups is 2. The quantitative estimate of drug-likeness (QED) is 0.350. The molecule has 1 aromatic carbocycles. The smallest absolute Gasteiger partial charge is 0.343 e. The molecule has 0 saturated heterocycles. The van der Waals surface area contributed by atoms with Crippen LogP contribution in [-0.2, 0) is 16.1 Å². The number of hydrogen-bond acceptors (Lipinski definition) is 5. The van der Waals surface area contributed by atoms with E-state index in [4.69, 9.17) is 4.74 Å². The Morgan fingerprint density at radius 1 is 1.33 bits per heavy atom. The van der Waals surface area contributed by atoms with Crippen LogP contribution in [0.2, 0.25) is 0 Å². The van der Waals surface area contributed by atoms with E-state index in [2.05, 4.69) is 4.99 Å². The Kier molecular flexibility index (Phi) is 7.18. The van der Waals surface area contributed by atoms with Crippen molar-refractivity contribution in [3.05, 3.63) is 41.2 Å². The van der Waals surface area contributed by atoms with Gasteiger partial charge >= 0.3 is 5.97 Å². The standard InChI is InChI=1S/C16H21NO4/c1-3-7-15(19)13(16(20)21-4-2)10-17-14-9-6-5-8-12(14)11-18/h5-6,8-10,18-19H,3-4,7,11H2,1-2H3/b15-13+,17-10?. The highest BCUT2D eigenvalue weighted by molar-refractivity contribution is 6.10. The largest absolute Gasteiger partial charge is 0.511 e. The SMILES string of the molecule is CCC/C(O)=C(/C=Nc1ccccc1CO)C(=O)OCC. The van der Waals surface area contributed by atoms with Crippen LogP contribution in [-0.4, -0.2) is 29.0 Å². The summed E-state index contributed by atoms with van der Waals surface area (Å²) in [6, 6.07) is 7.04. The van der Waals surface area contributed by atoms with E-state index in [-0.39, 0.29) is 24.5 Å². The lowest BCUT2D eigenvalue weighted by Crippen LogP contribution is -2.11. The van der Waals surface area contributed by atoms with Gasteiger partial charge in [-0.15, -0.1) is 0 Å². The van der Waals surface area contributed by atoms with Gasteiger partial charge in [-0.25, -0.2) is 4.79 Å². The van der Waals surface area contributed by atoms with Gasteiger partial charge in [-0.2, -0.15) is 0 Å². The number of benzene rings is 1. The van der Waals surface area contributed by atoms with Crippen molar-refractivity contribution in [2.24, 2.45) is 4.99 Å². The molecule has 0 amide bonds. The van der Waals surface area contributed by atoms with E-state index in [1.165, 1.54) is 6.21 Å². The van der Waals surface area contributed by atoms with Crippen molar-refractivity contribution in [1.29, 1.82) is 0 Å². The van der Waals surface area contributed by atoms with Crippen molar-refractivity contribution in [3.63, 3.8) is 0 Å². The lowest BCUT2D eigenvalue weighted by atomic mass is 10.1. The highest BCUT2D eigenvalue weighted by atomic mass is 16.5. The number of para-hydroxylation sites is 1. The molecule has 1 rings (SSSR count). The summed E-state index contributed by atoms with van der Waals surface area (Å²) in [6.07, 6.45) is 2.37. The minimum atomic E-state index is -0.603. The molecule has 1 aromatic rings. The van der Waals surface area contributed by atoms with Crippen molar-refractivity contribution in [2.45, 2.75) is 33.3 Å². The highest BCUT2D eigenvalue weighted by Crippen LogP contribution is 2.19. The summed E-state index contributed by atoms with van der Waals surface area (Å²) in [5, 5.41) is 19.2. The predicted octanol–water partition coefficient (Wildman–Crippen LogP) is 3.06. The molecule has 0 aliphatic carbocycles. The maximum atomic E-state index is 11.9. The molecule has 0 heterocycles. The van der Waals surface area contributed by atoms with E-state index in [0.29, 0.717) is 24.1 Å². The number of hydrogen-bond donors (Lipinski definition) is 2. The number of carbonyl (C=O) groups is 1. The first-order valence-corrected chi connectivity index (χ1v) is 6.96. The minimum absolute atomic E-state index is 0.0406. The lowest BCUT2D eigenvalue weighted by molar-refractivity contribution is -0.138. The molecule has 21 heavy (non-hydrogen) atoms. The average Bonchev–Trinajstić information content (AvgIpc) is 2.48. The molecule has 0 spiro atoms. The molecule has 0 fully saturated rings. The van der Waals surface area contributed by atoms with Crippen LogP contribution < -0.4 is 0 Å². The van der Waals surface area contributed by atoms with Crippen molar-refractivity contribution < 1.29 is 19.7 Å². The molecule has 0 bridgehead atoms. The number of carbonyl (C=O) groups excluding carboxylic acids is 1. The molecular weight excluding hydrogens is 270 g/mol. The topological polar surface area (TPSA) is 79.1 Å². The van der Waals surface area contributed by atoms with Gasteiger partial charge in [0, 0.05) is 18.2 Å². The van der Waals surface area contributed by atoms with Crippen LogP contribution in [0.15, 0.2) is 40.6 Å². The number of esters is 1. The Labute approximate surface area is 124 Å². The first kappa shape index (κ1) is 16.9. The van der Waals surface area contributed by atoms with Crippen LogP contribution in [0.5, 0.6) is 0 Å². The van der Waals surface area contributed by atoms with Gasteiger partial charge in [0.2, 0.25) is 0 Å². The normalized spacial score (nSPS) is 12.3. The van der Waals surface area contributed by atoms with Crippen molar-refractivity contribution in [3.8, 4) is 0 Å². The Morgan fingerprint density at radius 2 is 2.05 bits per heavy atom. The molecule has 0 radical (unpaired) electrons. The molecule has 0 atom stereocenters. The average molecular weight is 291 g/mol. The monoisotopic (exact) mass is 291 g/mol. The minimum Gasteiger partial charge on any atom is -0.511 e. The summed E-state index contributed by atoms with van der Waals surface area (Å²) in [7, 11) is 0. The number of aliphatic imine (C=N–C) groups is 1. The van der Waals surface area contributed by atoms with Crippen molar-refractivity contribution in [1.82, 2.24) is 0 Å². The van der Waals surface area contributed by atoms with Crippen LogP contribution in [0.4, 0.5) is 5.69 Å². The van der Waals surface area contributed by atoms with Gasteiger partial charge in [-0.3, -0.25) is 4.99 Å². The first-order valence-electron chi connectivity index (χ1n) is 6.96. The highest BCUT2D eigenvalue weighted by Gasteiger charge is 2.14. The summed E-state index contributed by atoms with van der Waals surface area (Å²) >= 11 is 0. The molecule has 5 nitrogen and oxygen atoms in total. The van der Waals surface area contributed by atoms with E-state index in [1.54, 1.807) is 31.2 Å². The van der Waals surface area contributed by atoms with Gasteiger partial charge in [0.15, 0.2) is 0 Å². The van der Waals surface area contributed by atoms with Gasteiger partial charge in [-0.05, 0) is 19.4 Å². The zero-order valence-electron chi connectivity index (χ0n) is 12.4. The number of aliphatic hydroxyl groups excluding tert-OH is 2. The molecule has 5 heteroatoms. The van der Waals surface area contributed by atoms with Gasteiger partial charge in [0.25, 0.3) is 0 Å². The van der Waals surface area contributed by atoms with Crippen LogP contribution in [0, 0.1) is 0 Å². The van der Waals surface area contributed by atoms with Gasteiger partial charge < -0.3 is 14.9 Å². The van der Waals surface area contributed by atoms with Crippen molar-refractivity contribution >= 4 is 17.9 Å². The molecular formula is C16H21NO4. The van der Waals surface area contributed by atoms with Gasteiger partial charge in [0.1, 0.15) is 11.3 Å². The van der Waals surface area contributed by atoms with E-state index in [9.17, 15) is 15.0 Å². The van der Waals surface area contributed by atoms with Crippen LogP contribution in [0.3, 0.4) is 0 Å². The Morgan fingerprint density at radius 3 is 2.67 bits per heavy atom. The summed E-state index contributed by atoms with van der Waals surface area (Å²) < 4.78 is 4.92. The Bertz CT molecular complexity index is 535. The number of allylic oxidation sites excluding steroid dienone is 1. The van der Waals surface area contributed by atoms with Crippen LogP contribution in [0.1, 0.15) is 32.3 Å². The fourth-order valence-electron chi connectivity index (χ4n) is 1.73. The van der Waals surface area contributed by atoms with E-state index in [0.717, 1.165) is 0 Å². The summed E-state index contributed by atoms with van der Waals surface area (Å²) in [6.45, 7) is 3.68. The lowest BCUT2D eigenvalue weighted by Gasteiger charge is -2.06. The number of nitrogens with zero attached hydrogens (tertiary/aromatic N) is 1. The summed E-state index contributed by atoms with van der Waals surface area (Å²) in [5.41, 5.74) is 1.24. The zero-order valence-corrected chi connectivity index (χ0v) is 12.4. The summed E-state index contributed by atoms with van der Waals surface area (Å²) in [4.78, 5) is 16.0. The van der Waals surface area contributed by atoms with E-state index in [1.807, 2.05) is 6.92 Å². The second-order valence-electron chi connectivity index (χ2n) is 4.38. The molecule has 0 aliphatic rings. The van der Waals surface area contributed by atoms with Gasteiger partial charge in [-0.1, -0.05) is 25.1 Å². The first-order chi connectivity index (χ1) is 10.1. The van der Waals surface area contributed by atoms with E-state index >= 15 is 0 Å². The van der Waals surface area contributed by atoms with Gasteiger partial charge in [0.05, 0.1) is 18.9 Å². The van der Waals surface area contributed by atoms with Crippen molar-refractivity contribution in [2.75, 3.05) is 6.61 Å². The summed E-state index contributed by atoms with van der Waals surface area (Å²) in [5.74, 6) is -0.644. The maximum absolute atomic E-state index is 11.9. The number of ether oxygens (including phenoxy) is 1. The molecule has 0 aliphatic heterocycles. The Hall–Kier alpha value is -2.14.